The van der Waals surface area contributed by atoms with Crippen LogP contribution in [0.5, 0.6) is 5.88 Å². The summed E-state index contributed by atoms with van der Waals surface area (Å²) < 4.78 is 4.83. The van der Waals surface area contributed by atoms with Gasteiger partial charge in [0.05, 0.1) is 29.6 Å². The number of anilines is 1. The highest BCUT2D eigenvalue weighted by Crippen LogP contribution is 2.32. The first kappa shape index (κ1) is 30.0. The number of esters is 1. The number of H-pyrrole nitrogens is 1. The zero-order valence-corrected chi connectivity index (χ0v) is 24.4. The lowest BCUT2D eigenvalue weighted by Crippen LogP contribution is -2.41. The van der Waals surface area contributed by atoms with E-state index in [-0.39, 0.29) is 30.7 Å². The van der Waals surface area contributed by atoms with Crippen molar-refractivity contribution in [3.05, 3.63) is 89.5 Å². The van der Waals surface area contributed by atoms with Gasteiger partial charge in [0.15, 0.2) is 5.88 Å². The number of nitrogens with zero attached hydrogens (tertiary/aromatic N) is 4. The van der Waals surface area contributed by atoms with Crippen molar-refractivity contribution in [3.63, 3.8) is 0 Å². The van der Waals surface area contributed by atoms with Gasteiger partial charge in [0.25, 0.3) is 0 Å². The summed E-state index contributed by atoms with van der Waals surface area (Å²) in [5, 5.41) is 11.7. The topological polar surface area (TPSA) is 119 Å². The Morgan fingerprint density at radius 1 is 0.881 bits per heavy atom. The van der Waals surface area contributed by atoms with Crippen LogP contribution in [0.1, 0.15) is 27.9 Å². The fourth-order valence-corrected chi connectivity index (χ4v) is 4.42. The Morgan fingerprint density at radius 3 is 2.19 bits per heavy atom. The summed E-state index contributed by atoms with van der Waals surface area (Å²) in [4.78, 5) is 50.4. The number of hydrogen-bond acceptors (Lipinski definition) is 7. The largest absolute Gasteiger partial charge is 0.494 e. The Labute approximate surface area is 244 Å². The van der Waals surface area contributed by atoms with Crippen LogP contribution in [0, 0.1) is 0 Å². The van der Waals surface area contributed by atoms with Gasteiger partial charge in [-0.1, -0.05) is 36.4 Å². The first-order valence-electron chi connectivity index (χ1n) is 13.4. The third kappa shape index (κ3) is 6.84. The smallest absolute Gasteiger partial charge is 0.337 e. The summed E-state index contributed by atoms with van der Waals surface area (Å²) in [5.41, 5.74) is 3.84. The maximum Gasteiger partial charge on any atom is 0.337 e. The molecule has 4 aromatic rings. The van der Waals surface area contributed by atoms with Gasteiger partial charge in [0.1, 0.15) is 6.54 Å². The molecule has 0 saturated heterocycles. The number of hydrogen-bond donors (Lipinski definition) is 2. The fourth-order valence-electron chi connectivity index (χ4n) is 4.42. The zero-order chi connectivity index (χ0) is 30.4. The Morgan fingerprint density at radius 2 is 1.57 bits per heavy atom. The van der Waals surface area contributed by atoms with Crippen molar-refractivity contribution in [1.82, 2.24) is 14.8 Å². The molecule has 0 atom stereocenters. The minimum atomic E-state index is -0.480. The number of rotatable bonds is 10. The molecule has 10 heteroatoms. The number of aromatic nitrogens is 1. The molecule has 218 valence electrons. The molecule has 0 aliphatic carbocycles. The summed E-state index contributed by atoms with van der Waals surface area (Å²) in [7, 11) is 8.41. The number of aromatic amines is 1. The number of likely N-dealkylation sites (N-methyl/N-ethyl adjacent to an activating group) is 1. The maximum atomic E-state index is 13.1. The molecule has 1 heterocycles. The molecule has 0 fully saturated rings. The quantitative estimate of drug-likeness (QED) is 0.218. The first-order valence-corrected chi connectivity index (χ1v) is 13.4. The van der Waals surface area contributed by atoms with Crippen LogP contribution < -0.4 is 4.90 Å². The molecule has 0 aliphatic rings. The van der Waals surface area contributed by atoms with E-state index in [0.29, 0.717) is 45.7 Å². The second kappa shape index (κ2) is 13.1. The molecule has 0 unspecified atom stereocenters. The number of aliphatic imine (C=N–C) groups is 1. The Balaban J connectivity index is 1.75. The average Bonchev–Trinajstić information content (AvgIpc) is 3.32. The van der Waals surface area contributed by atoms with Gasteiger partial charge in [0.2, 0.25) is 11.8 Å². The SMILES string of the molecule is COC(=O)c1ccc2c(C(=Nc3ccc(N(CC(=O)N(C)C)C(=O)CCN(C)C)cc3)c3ccccc3)c(O)[nH]c2c1. The molecule has 0 aliphatic heterocycles. The van der Waals surface area contributed by atoms with E-state index in [1.165, 1.54) is 16.9 Å². The van der Waals surface area contributed by atoms with Crippen molar-refractivity contribution in [3.8, 4) is 5.88 Å². The minimum Gasteiger partial charge on any atom is -0.494 e. The molecule has 2 amide bonds. The van der Waals surface area contributed by atoms with E-state index in [1.54, 1.807) is 56.6 Å². The summed E-state index contributed by atoms with van der Waals surface area (Å²) in [5.74, 6) is -0.917. The number of carbonyl (C=O) groups is 3. The lowest BCUT2D eigenvalue weighted by Gasteiger charge is -2.25. The molecule has 0 bridgehead atoms. The number of fused-ring (bicyclic) bond motifs is 1. The molecule has 0 saturated carbocycles. The highest BCUT2D eigenvalue weighted by Gasteiger charge is 2.22. The van der Waals surface area contributed by atoms with Gasteiger partial charge in [-0.25, -0.2) is 9.79 Å². The van der Waals surface area contributed by atoms with E-state index in [4.69, 9.17) is 9.73 Å². The van der Waals surface area contributed by atoms with E-state index in [0.717, 1.165) is 5.56 Å². The van der Waals surface area contributed by atoms with Gasteiger partial charge in [-0.15, -0.1) is 0 Å². The van der Waals surface area contributed by atoms with Crippen LogP contribution in [-0.4, -0.2) is 91.8 Å². The van der Waals surface area contributed by atoms with E-state index < -0.39 is 5.97 Å². The summed E-state index contributed by atoms with van der Waals surface area (Å²) in [6.45, 7) is 0.484. The summed E-state index contributed by atoms with van der Waals surface area (Å²) >= 11 is 0. The molecule has 10 nitrogen and oxygen atoms in total. The Kier molecular flexibility index (Phi) is 9.39. The van der Waals surface area contributed by atoms with Crippen LogP contribution in [0.2, 0.25) is 0 Å². The number of ether oxygens (including phenoxy) is 1. The van der Waals surface area contributed by atoms with Crippen LogP contribution in [0.25, 0.3) is 10.9 Å². The van der Waals surface area contributed by atoms with E-state index >= 15 is 0 Å². The van der Waals surface area contributed by atoms with Crippen LogP contribution in [0.3, 0.4) is 0 Å². The number of nitrogens with one attached hydrogen (secondary N) is 1. The molecule has 42 heavy (non-hydrogen) atoms. The average molecular weight is 570 g/mol. The Hall–Kier alpha value is -4.96. The molecule has 0 radical (unpaired) electrons. The van der Waals surface area contributed by atoms with Crippen molar-refractivity contribution >= 4 is 45.8 Å². The highest BCUT2D eigenvalue weighted by molar-refractivity contribution is 6.22. The highest BCUT2D eigenvalue weighted by atomic mass is 16.5. The van der Waals surface area contributed by atoms with Crippen molar-refractivity contribution in [1.29, 1.82) is 0 Å². The Bertz CT molecular complexity index is 1610. The monoisotopic (exact) mass is 569 g/mol. The summed E-state index contributed by atoms with van der Waals surface area (Å²) in [6.07, 6.45) is 0.267. The molecule has 0 spiro atoms. The molecule has 4 rings (SSSR count). The first-order chi connectivity index (χ1) is 20.1. The van der Waals surface area contributed by atoms with Gasteiger partial charge in [-0.3, -0.25) is 9.59 Å². The molecule has 2 N–H and O–H groups in total. The lowest BCUT2D eigenvalue weighted by atomic mass is 10.00. The lowest BCUT2D eigenvalue weighted by molar-refractivity contribution is -0.129. The third-order valence-electron chi connectivity index (χ3n) is 6.75. The van der Waals surface area contributed by atoms with Crippen molar-refractivity contribution in [2.45, 2.75) is 6.42 Å². The van der Waals surface area contributed by atoms with E-state index in [2.05, 4.69) is 4.98 Å². The van der Waals surface area contributed by atoms with Gasteiger partial charge < -0.3 is 29.5 Å². The van der Waals surface area contributed by atoms with Gasteiger partial charge in [-0.2, -0.15) is 0 Å². The predicted molar refractivity (Wildman–Crippen MR) is 164 cm³/mol. The second-order valence-electron chi connectivity index (χ2n) is 10.3. The number of amides is 2. The fraction of sp³-hybridized carbons (Fsp3) is 0.250. The van der Waals surface area contributed by atoms with Gasteiger partial charge >= 0.3 is 5.97 Å². The van der Waals surface area contributed by atoms with Crippen LogP contribution in [0.15, 0.2) is 77.8 Å². The predicted octanol–water partition coefficient (Wildman–Crippen LogP) is 4.20. The van der Waals surface area contributed by atoms with Crippen LogP contribution in [-0.2, 0) is 14.3 Å². The number of aromatic hydroxyl groups is 1. The number of methoxy groups -OCH3 is 1. The van der Waals surface area contributed by atoms with Crippen LogP contribution in [0.4, 0.5) is 11.4 Å². The van der Waals surface area contributed by atoms with Crippen molar-refractivity contribution < 1.29 is 24.2 Å². The van der Waals surface area contributed by atoms with Crippen LogP contribution >= 0.6 is 0 Å². The maximum absolute atomic E-state index is 13.1. The molecule has 3 aromatic carbocycles. The molecular weight excluding hydrogens is 534 g/mol. The van der Waals surface area contributed by atoms with Crippen molar-refractivity contribution in [2.75, 3.05) is 53.3 Å². The third-order valence-corrected chi connectivity index (χ3v) is 6.75. The van der Waals surface area contributed by atoms with E-state index in [9.17, 15) is 19.5 Å². The minimum absolute atomic E-state index is 0.0755. The van der Waals surface area contributed by atoms with Gasteiger partial charge in [0, 0.05) is 49.2 Å². The normalized spacial score (nSPS) is 11.5. The summed E-state index contributed by atoms with van der Waals surface area (Å²) in [6, 6.07) is 21.5. The number of carbonyl (C=O) groups excluding carboxylic acids is 3. The van der Waals surface area contributed by atoms with E-state index in [1.807, 2.05) is 49.3 Å². The standard InChI is InChI=1S/C32H35N5O5/c1-35(2)18-17-27(38)37(20-28(39)36(3)4)24-14-12-23(13-15-24)33-30(21-9-7-6-8-10-21)29-25-16-11-22(32(41)42-5)19-26(25)34-31(29)40/h6-16,19,34,40H,17-18,20H2,1-5H3. The zero-order valence-electron chi connectivity index (χ0n) is 24.4. The second-order valence-corrected chi connectivity index (χ2v) is 10.3. The van der Waals surface area contributed by atoms with Gasteiger partial charge in [-0.05, 0) is 50.5 Å². The number of benzene rings is 3. The molecule has 1 aromatic heterocycles. The molecular formula is C32H35N5O5. The van der Waals surface area contributed by atoms with Crippen molar-refractivity contribution in [2.24, 2.45) is 4.99 Å².